The SMILES string of the molecule is O=C(Nc1ccccc1F)C1c2ccccc2C(=O)N2CCc3ccccc3C12. The molecule has 3 aromatic rings. The minimum atomic E-state index is -0.620. The summed E-state index contributed by atoms with van der Waals surface area (Å²) in [5.74, 6) is -1.48. The van der Waals surface area contributed by atoms with Gasteiger partial charge in [0.25, 0.3) is 5.91 Å². The molecule has 5 heteroatoms. The predicted molar refractivity (Wildman–Crippen MR) is 108 cm³/mol. The molecule has 1 N–H and O–H groups in total. The topological polar surface area (TPSA) is 49.4 Å². The molecule has 0 aromatic heterocycles. The summed E-state index contributed by atoms with van der Waals surface area (Å²) in [5.41, 5.74) is 3.49. The fraction of sp³-hybridized carbons (Fsp3) is 0.167. The van der Waals surface area contributed by atoms with E-state index in [-0.39, 0.29) is 17.5 Å². The average molecular weight is 386 g/mol. The highest BCUT2D eigenvalue weighted by molar-refractivity contribution is 6.04. The van der Waals surface area contributed by atoms with Crippen LogP contribution in [0.4, 0.5) is 10.1 Å². The minimum Gasteiger partial charge on any atom is -0.330 e. The quantitative estimate of drug-likeness (QED) is 0.714. The van der Waals surface area contributed by atoms with Crippen LogP contribution in [0, 0.1) is 5.82 Å². The van der Waals surface area contributed by atoms with E-state index in [0.29, 0.717) is 17.7 Å². The number of nitrogens with zero attached hydrogens (tertiary/aromatic N) is 1. The summed E-state index contributed by atoms with van der Waals surface area (Å²) in [6, 6.07) is 20.9. The molecule has 0 fully saturated rings. The first-order chi connectivity index (χ1) is 14.1. The number of halogens is 1. The second kappa shape index (κ2) is 6.85. The van der Waals surface area contributed by atoms with Crippen molar-refractivity contribution in [1.82, 2.24) is 4.90 Å². The zero-order valence-electron chi connectivity index (χ0n) is 15.6. The first kappa shape index (κ1) is 17.6. The molecule has 2 aliphatic rings. The Morgan fingerprint density at radius 1 is 0.931 bits per heavy atom. The lowest BCUT2D eigenvalue weighted by molar-refractivity contribution is -0.119. The van der Waals surface area contributed by atoms with E-state index in [4.69, 9.17) is 0 Å². The fourth-order valence-corrected chi connectivity index (χ4v) is 4.53. The number of hydrogen-bond donors (Lipinski definition) is 1. The van der Waals surface area contributed by atoms with E-state index in [1.54, 1.807) is 35.2 Å². The maximum atomic E-state index is 14.2. The lowest BCUT2D eigenvalue weighted by Gasteiger charge is -2.45. The molecule has 2 amide bonds. The van der Waals surface area contributed by atoms with Crippen LogP contribution in [0.1, 0.15) is 39.0 Å². The van der Waals surface area contributed by atoms with Gasteiger partial charge in [0.1, 0.15) is 5.82 Å². The summed E-state index contributed by atoms with van der Waals surface area (Å²) < 4.78 is 14.2. The summed E-state index contributed by atoms with van der Waals surface area (Å²) in [5, 5.41) is 2.75. The van der Waals surface area contributed by atoms with Crippen molar-refractivity contribution in [2.24, 2.45) is 0 Å². The van der Waals surface area contributed by atoms with Crippen LogP contribution in [-0.2, 0) is 11.2 Å². The number of nitrogens with one attached hydrogen (secondary N) is 1. The summed E-state index contributed by atoms with van der Waals surface area (Å²) in [4.78, 5) is 28.4. The van der Waals surface area contributed by atoms with E-state index in [1.165, 1.54) is 6.07 Å². The van der Waals surface area contributed by atoms with E-state index in [9.17, 15) is 14.0 Å². The summed E-state index contributed by atoms with van der Waals surface area (Å²) in [7, 11) is 0. The standard InChI is InChI=1S/C24H19FN2O2/c25-19-11-5-6-12-20(19)26-23(28)21-17-9-3-4-10-18(17)24(29)27-14-13-15-7-1-2-8-16(15)22(21)27/h1-12,21-22H,13-14H2,(H,26,28). The van der Waals surface area contributed by atoms with Gasteiger partial charge in [-0.2, -0.15) is 0 Å². The second-order valence-electron chi connectivity index (χ2n) is 7.43. The van der Waals surface area contributed by atoms with E-state index in [0.717, 1.165) is 17.5 Å². The maximum Gasteiger partial charge on any atom is 0.254 e. The van der Waals surface area contributed by atoms with Gasteiger partial charge in [-0.25, -0.2) is 4.39 Å². The van der Waals surface area contributed by atoms with Gasteiger partial charge in [0, 0.05) is 12.1 Å². The number of fused-ring (bicyclic) bond motifs is 4. The van der Waals surface area contributed by atoms with Gasteiger partial charge in [-0.3, -0.25) is 9.59 Å². The normalized spacial score (nSPS) is 19.8. The van der Waals surface area contributed by atoms with Crippen molar-refractivity contribution in [1.29, 1.82) is 0 Å². The number of hydrogen-bond acceptors (Lipinski definition) is 2. The lowest BCUT2D eigenvalue weighted by atomic mass is 9.76. The molecule has 0 radical (unpaired) electrons. The lowest BCUT2D eigenvalue weighted by Crippen LogP contribution is -2.49. The van der Waals surface area contributed by atoms with Gasteiger partial charge in [-0.1, -0.05) is 54.6 Å². The number of benzene rings is 3. The summed E-state index contributed by atoms with van der Waals surface area (Å²) >= 11 is 0. The van der Waals surface area contributed by atoms with Crippen LogP contribution in [0.25, 0.3) is 0 Å². The van der Waals surface area contributed by atoms with E-state index in [2.05, 4.69) is 5.32 Å². The van der Waals surface area contributed by atoms with Crippen molar-refractivity contribution >= 4 is 17.5 Å². The highest BCUT2D eigenvalue weighted by Gasteiger charge is 2.46. The van der Waals surface area contributed by atoms with Crippen molar-refractivity contribution in [2.75, 3.05) is 11.9 Å². The Balaban J connectivity index is 1.64. The Hall–Kier alpha value is -3.47. The van der Waals surface area contributed by atoms with Crippen molar-refractivity contribution in [3.8, 4) is 0 Å². The number of amides is 2. The highest BCUT2D eigenvalue weighted by atomic mass is 19.1. The minimum absolute atomic E-state index is 0.0601. The third-order valence-electron chi connectivity index (χ3n) is 5.85. The van der Waals surface area contributed by atoms with Crippen LogP contribution < -0.4 is 5.32 Å². The molecule has 3 aromatic carbocycles. The number of anilines is 1. The first-order valence-corrected chi connectivity index (χ1v) is 9.68. The number of rotatable bonds is 2. The van der Waals surface area contributed by atoms with Gasteiger partial charge in [0.2, 0.25) is 5.91 Å². The molecule has 0 aliphatic carbocycles. The van der Waals surface area contributed by atoms with Gasteiger partial charge < -0.3 is 10.2 Å². The first-order valence-electron chi connectivity index (χ1n) is 9.68. The molecule has 2 heterocycles. The molecule has 0 saturated carbocycles. The highest BCUT2D eigenvalue weighted by Crippen LogP contribution is 2.46. The Labute approximate surface area is 168 Å². The summed E-state index contributed by atoms with van der Waals surface area (Å²) in [6.45, 7) is 0.554. The van der Waals surface area contributed by atoms with Crippen molar-refractivity contribution in [3.05, 3.63) is 101 Å². The molecule has 4 nitrogen and oxygen atoms in total. The molecular weight excluding hydrogens is 367 g/mol. The van der Waals surface area contributed by atoms with Crippen molar-refractivity contribution in [2.45, 2.75) is 18.4 Å². The van der Waals surface area contributed by atoms with Gasteiger partial charge >= 0.3 is 0 Å². The second-order valence-corrected chi connectivity index (χ2v) is 7.43. The van der Waals surface area contributed by atoms with Crippen LogP contribution in [-0.4, -0.2) is 23.3 Å². The monoisotopic (exact) mass is 386 g/mol. The predicted octanol–water partition coefficient (Wildman–Crippen LogP) is 4.30. The molecule has 0 bridgehead atoms. The maximum absolute atomic E-state index is 14.2. The Bertz CT molecular complexity index is 1130. The third kappa shape index (κ3) is 2.81. The molecule has 29 heavy (non-hydrogen) atoms. The Morgan fingerprint density at radius 3 is 2.45 bits per heavy atom. The number of carbonyl (C=O) groups excluding carboxylic acids is 2. The van der Waals surface area contributed by atoms with Crippen molar-refractivity contribution < 1.29 is 14.0 Å². The Kier molecular flexibility index (Phi) is 4.16. The smallest absolute Gasteiger partial charge is 0.254 e. The van der Waals surface area contributed by atoms with Crippen LogP contribution in [0.5, 0.6) is 0 Å². The van der Waals surface area contributed by atoms with Crippen LogP contribution in [0.3, 0.4) is 0 Å². The average Bonchev–Trinajstić information content (AvgIpc) is 2.75. The van der Waals surface area contributed by atoms with E-state index >= 15 is 0 Å². The fourth-order valence-electron chi connectivity index (χ4n) is 4.53. The molecule has 0 spiro atoms. The zero-order chi connectivity index (χ0) is 20.0. The molecule has 2 atom stereocenters. The third-order valence-corrected chi connectivity index (χ3v) is 5.85. The number of carbonyl (C=O) groups is 2. The molecule has 5 rings (SSSR count). The summed E-state index contributed by atoms with van der Waals surface area (Å²) in [6.07, 6.45) is 0.752. The van der Waals surface area contributed by atoms with Crippen molar-refractivity contribution in [3.63, 3.8) is 0 Å². The largest absolute Gasteiger partial charge is 0.330 e. The zero-order valence-corrected chi connectivity index (χ0v) is 15.6. The van der Waals surface area contributed by atoms with Gasteiger partial charge in [0.15, 0.2) is 0 Å². The molecule has 144 valence electrons. The molecule has 2 unspecified atom stereocenters. The van der Waals surface area contributed by atoms with Gasteiger partial charge in [-0.15, -0.1) is 0 Å². The van der Waals surface area contributed by atoms with E-state index in [1.807, 2.05) is 36.4 Å². The molecule has 2 aliphatic heterocycles. The molecule has 0 saturated heterocycles. The van der Waals surface area contributed by atoms with Gasteiger partial charge in [-0.05, 0) is 41.3 Å². The molecular formula is C24H19FN2O2. The van der Waals surface area contributed by atoms with E-state index < -0.39 is 17.8 Å². The van der Waals surface area contributed by atoms with Crippen LogP contribution in [0.15, 0.2) is 72.8 Å². The number of para-hydroxylation sites is 1. The van der Waals surface area contributed by atoms with Crippen LogP contribution in [0.2, 0.25) is 0 Å². The van der Waals surface area contributed by atoms with Crippen LogP contribution >= 0.6 is 0 Å². The Morgan fingerprint density at radius 2 is 1.62 bits per heavy atom. The van der Waals surface area contributed by atoms with Gasteiger partial charge in [0.05, 0.1) is 17.6 Å².